The number of carbonyl (C=O) groups excluding carboxylic acids is 1. The molecule has 3 aromatic rings. The van der Waals surface area contributed by atoms with Crippen molar-refractivity contribution in [3.05, 3.63) is 71.4 Å². The molecule has 132 valence electrons. The van der Waals surface area contributed by atoms with Crippen molar-refractivity contribution in [1.82, 2.24) is 4.98 Å². The van der Waals surface area contributed by atoms with E-state index in [1.54, 1.807) is 0 Å². The van der Waals surface area contributed by atoms with Gasteiger partial charge in [-0.05, 0) is 49.4 Å². The predicted octanol–water partition coefficient (Wildman–Crippen LogP) is 4.35. The van der Waals surface area contributed by atoms with Crippen molar-refractivity contribution in [1.29, 1.82) is 0 Å². The van der Waals surface area contributed by atoms with Gasteiger partial charge in [0.25, 0.3) is 0 Å². The number of rotatable bonds is 5. The van der Waals surface area contributed by atoms with E-state index in [-0.39, 0.29) is 12.6 Å². The molecule has 0 radical (unpaired) electrons. The molecular formula is C22H21NO3. The average molecular weight is 347 g/mol. The SMILES string of the molecule is O=C(OCCOc1ccccc1)c1c2c(nc3ccccc13)CCCC2. The van der Waals surface area contributed by atoms with Crippen LogP contribution >= 0.6 is 0 Å². The summed E-state index contributed by atoms with van der Waals surface area (Å²) >= 11 is 0. The number of pyridine rings is 1. The summed E-state index contributed by atoms with van der Waals surface area (Å²) in [5.74, 6) is 0.494. The van der Waals surface area contributed by atoms with E-state index in [1.807, 2.05) is 54.6 Å². The van der Waals surface area contributed by atoms with E-state index in [4.69, 9.17) is 14.5 Å². The first-order valence-electron chi connectivity index (χ1n) is 9.08. The maximum Gasteiger partial charge on any atom is 0.339 e. The van der Waals surface area contributed by atoms with E-state index in [2.05, 4.69) is 0 Å². The summed E-state index contributed by atoms with van der Waals surface area (Å²) in [7, 11) is 0. The fourth-order valence-corrected chi connectivity index (χ4v) is 3.49. The number of benzene rings is 2. The maximum atomic E-state index is 12.8. The quantitative estimate of drug-likeness (QED) is 0.508. The van der Waals surface area contributed by atoms with Crippen molar-refractivity contribution in [2.75, 3.05) is 13.2 Å². The molecule has 0 atom stereocenters. The molecular weight excluding hydrogens is 326 g/mol. The Morgan fingerprint density at radius 3 is 2.58 bits per heavy atom. The second-order valence-electron chi connectivity index (χ2n) is 6.43. The molecule has 4 nitrogen and oxygen atoms in total. The van der Waals surface area contributed by atoms with Crippen molar-refractivity contribution in [2.24, 2.45) is 0 Å². The molecule has 0 N–H and O–H groups in total. The van der Waals surface area contributed by atoms with E-state index in [0.717, 1.165) is 53.6 Å². The third-order valence-electron chi connectivity index (χ3n) is 4.70. The van der Waals surface area contributed by atoms with Crippen LogP contribution in [0.15, 0.2) is 54.6 Å². The highest BCUT2D eigenvalue weighted by Gasteiger charge is 2.23. The Bertz CT molecular complexity index is 921. The molecule has 1 aliphatic rings. The predicted molar refractivity (Wildman–Crippen MR) is 101 cm³/mol. The Balaban J connectivity index is 1.52. The van der Waals surface area contributed by atoms with Crippen LogP contribution in [-0.2, 0) is 17.6 Å². The highest BCUT2D eigenvalue weighted by atomic mass is 16.6. The second kappa shape index (κ2) is 7.56. The number of aromatic nitrogens is 1. The van der Waals surface area contributed by atoms with E-state index in [0.29, 0.717) is 12.2 Å². The molecule has 0 bridgehead atoms. The lowest BCUT2D eigenvalue weighted by Gasteiger charge is -2.20. The molecule has 26 heavy (non-hydrogen) atoms. The molecule has 0 saturated carbocycles. The second-order valence-corrected chi connectivity index (χ2v) is 6.43. The molecule has 0 aliphatic heterocycles. The van der Waals surface area contributed by atoms with Crippen molar-refractivity contribution in [3.8, 4) is 5.75 Å². The van der Waals surface area contributed by atoms with Crippen LogP contribution in [0.2, 0.25) is 0 Å². The van der Waals surface area contributed by atoms with Gasteiger partial charge in [-0.15, -0.1) is 0 Å². The fourth-order valence-electron chi connectivity index (χ4n) is 3.49. The zero-order valence-corrected chi connectivity index (χ0v) is 14.6. The number of fused-ring (bicyclic) bond motifs is 2. The number of hydrogen-bond acceptors (Lipinski definition) is 4. The molecule has 1 aliphatic carbocycles. The molecule has 0 amide bonds. The summed E-state index contributed by atoms with van der Waals surface area (Å²) in [6.45, 7) is 0.556. The van der Waals surface area contributed by atoms with Crippen LogP contribution in [0.4, 0.5) is 0 Å². The fraction of sp³-hybridized carbons (Fsp3) is 0.273. The van der Waals surface area contributed by atoms with Crippen molar-refractivity contribution in [3.63, 3.8) is 0 Å². The van der Waals surface area contributed by atoms with Gasteiger partial charge >= 0.3 is 5.97 Å². The maximum absolute atomic E-state index is 12.8. The number of aryl methyl sites for hydroxylation is 1. The van der Waals surface area contributed by atoms with Gasteiger partial charge in [0.1, 0.15) is 19.0 Å². The lowest BCUT2D eigenvalue weighted by molar-refractivity contribution is 0.0451. The van der Waals surface area contributed by atoms with Crippen LogP contribution in [0.5, 0.6) is 5.75 Å². The monoisotopic (exact) mass is 347 g/mol. The van der Waals surface area contributed by atoms with Gasteiger partial charge in [-0.1, -0.05) is 36.4 Å². The number of carbonyl (C=O) groups is 1. The first-order chi connectivity index (χ1) is 12.8. The number of para-hydroxylation sites is 2. The normalized spacial score (nSPS) is 13.2. The lowest BCUT2D eigenvalue weighted by Crippen LogP contribution is -2.18. The first kappa shape index (κ1) is 16.6. The minimum atomic E-state index is -0.279. The highest BCUT2D eigenvalue weighted by molar-refractivity contribution is 6.05. The van der Waals surface area contributed by atoms with Crippen molar-refractivity contribution in [2.45, 2.75) is 25.7 Å². The molecule has 4 heteroatoms. The van der Waals surface area contributed by atoms with Crippen LogP contribution < -0.4 is 4.74 Å². The first-order valence-corrected chi connectivity index (χ1v) is 9.08. The van der Waals surface area contributed by atoms with E-state index in [1.165, 1.54) is 0 Å². The molecule has 0 saturated heterocycles. The van der Waals surface area contributed by atoms with Crippen molar-refractivity contribution < 1.29 is 14.3 Å². The molecule has 0 unspecified atom stereocenters. The third-order valence-corrected chi connectivity index (χ3v) is 4.70. The van der Waals surface area contributed by atoms with Gasteiger partial charge in [-0.3, -0.25) is 4.98 Å². The van der Waals surface area contributed by atoms with E-state index >= 15 is 0 Å². The number of esters is 1. The smallest absolute Gasteiger partial charge is 0.339 e. The Morgan fingerprint density at radius 2 is 1.69 bits per heavy atom. The highest BCUT2D eigenvalue weighted by Crippen LogP contribution is 2.29. The zero-order valence-electron chi connectivity index (χ0n) is 14.6. The Morgan fingerprint density at radius 1 is 0.923 bits per heavy atom. The van der Waals surface area contributed by atoms with Crippen LogP contribution in [0.25, 0.3) is 10.9 Å². The molecule has 0 spiro atoms. The Labute approximate surface area is 152 Å². The largest absolute Gasteiger partial charge is 0.490 e. The van der Waals surface area contributed by atoms with Crippen LogP contribution in [0.1, 0.15) is 34.5 Å². The minimum Gasteiger partial charge on any atom is -0.490 e. The van der Waals surface area contributed by atoms with Gasteiger partial charge in [0, 0.05) is 11.1 Å². The van der Waals surface area contributed by atoms with E-state index < -0.39 is 0 Å². The number of ether oxygens (including phenoxy) is 2. The molecule has 4 rings (SSSR count). The van der Waals surface area contributed by atoms with Gasteiger partial charge in [-0.25, -0.2) is 4.79 Å². The van der Waals surface area contributed by atoms with Gasteiger partial charge in [0.2, 0.25) is 0 Å². The van der Waals surface area contributed by atoms with Crippen molar-refractivity contribution >= 4 is 16.9 Å². The summed E-state index contributed by atoms with van der Waals surface area (Å²) in [5, 5.41) is 0.877. The molecule has 2 aromatic carbocycles. The standard InChI is InChI=1S/C22H21NO3/c24-22(26-15-14-25-16-8-2-1-3-9-16)21-17-10-4-6-12-19(17)23-20-13-7-5-11-18(20)21/h1-4,6,8-10,12H,5,7,11,13-15H2. The third kappa shape index (κ3) is 3.40. The van der Waals surface area contributed by atoms with E-state index in [9.17, 15) is 4.79 Å². The summed E-state index contributed by atoms with van der Waals surface area (Å²) in [5.41, 5.74) is 3.65. The average Bonchev–Trinajstić information content (AvgIpc) is 2.70. The topological polar surface area (TPSA) is 48.4 Å². The number of hydrogen-bond donors (Lipinski definition) is 0. The van der Waals surface area contributed by atoms with Gasteiger partial charge in [-0.2, -0.15) is 0 Å². The lowest BCUT2D eigenvalue weighted by atomic mass is 9.90. The molecule has 1 heterocycles. The zero-order chi connectivity index (χ0) is 17.8. The van der Waals surface area contributed by atoms with Gasteiger partial charge in [0.15, 0.2) is 0 Å². The summed E-state index contributed by atoms with van der Waals surface area (Å²) in [4.78, 5) is 17.6. The van der Waals surface area contributed by atoms with Crippen LogP contribution in [0.3, 0.4) is 0 Å². The van der Waals surface area contributed by atoms with Crippen LogP contribution in [0, 0.1) is 0 Å². The summed E-state index contributed by atoms with van der Waals surface area (Å²) in [6, 6.07) is 17.3. The Hall–Kier alpha value is -2.88. The van der Waals surface area contributed by atoms with Crippen LogP contribution in [-0.4, -0.2) is 24.2 Å². The summed E-state index contributed by atoms with van der Waals surface area (Å²) in [6.07, 6.45) is 4.03. The number of nitrogens with zero attached hydrogens (tertiary/aromatic N) is 1. The minimum absolute atomic E-state index is 0.221. The molecule has 1 aromatic heterocycles. The van der Waals surface area contributed by atoms with Gasteiger partial charge in [0.05, 0.1) is 11.1 Å². The molecule has 0 fully saturated rings. The van der Waals surface area contributed by atoms with Gasteiger partial charge < -0.3 is 9.47 Å². The summed E-state index contributed by atoms with van der Waals surface area (Å²) < 4.78 is 11.1. The Kier molecular flexibility index (Phi) is 4.82.